The number of carbonyl (C=O) groups excluding carboxylic acids is 2. The Morgan fingerprint density at radius 3 is 2.17 bits per heavy atom. The molecule has 0 aliphatic rings. The van der Waals surface area contributed by atoms with Gasteiger partial charge in [0.15, 0.2) is 0 Å². The Balaban J connectivity index is 2.68. The number of hydrogen-bond donors (Lipinski definition) is 0. The molecule has 0 saturated carbocycles. The molecule has 0 amide bonds. The van der Waals surface area contributed by atoms with E-state index in [1.54, 1.807) is 30.3 Å². The predicted octanol–water partition coefficient (Wildman–Crippen LogP) is -0.747. The monoisotopic (exact) mass is 264 g/mol. The first-order chi connectivity index (χ1) is 8.52. The van der Waals surface area contributed by atoms with E-state index < -0.39 is 23.2 Å². The summed E-state index contributed by atoms with van der Waals surface area (Å²) in [6.07, 6.45) is 0. The van der Waals surface area contributed by atoms with Gasteiger partial charge in [-0.25, -0.2) is 4.68 Å². The van der Waals surface area contributed by atoms with E-state index >= 15 is 0 Å². The fourth-order valence-corrected chi connectivity index (χ4v) is 1.76. The predicted molar refractivity (Wildman–Crippen MR) is 57.2 cm³/mol. The van der Waals surface area contributed by atoms with Crippen LogP contribution in [0.5, 0.6) is 0 Å². The Morgan fingerprint density at radius 1 is 1.11 bits per heavy atom. The molecule has 18 heavy (non-hydrogen) atoms. The van der Waals surface area contributed by atoms with Gasteiger partial charge in [0.05, 0.1) is 23.2 Å². The van der Waals surface area contributed by atoms with Crippen LogP contribution >= 0.6 is 11.6 Å². The zero-order valence-electron chi connectivity index (χ0n) is 8.79. The highest BCUT2D eigenvalue weighted by Crippen LogP contribution is 2.22. The third-order valence-electron chi connectivity index (χ3n) is 2.23. The number of halogens is 1. The van der Waals surface area contributed by atoms with Crippen molar-refractivity contribution in [3.63, 3.8) is 0 Å². The molecule has 1 aromatic heterocycles. The lowest BCUT2D eigenvalue weighted by molar-refractivity contribution is -0.260. The van der Waals surface area contributed by atoms with Gasteiger partial charge in [0.1, 0.15) is 10.8 Å². The van der Waals surface area contributed by atoms with Crippen LogP contribution in [-0.2, 0) is 0 Å². The van der Waals surface area contributed by atoms with Crippen LogP contribution in [0.1, 0.15) is 20.8 Å². The summed E-state index contributed by atoms with van der Waals surface area (Å²) in [6, 6.07) is 8.27. The minimum Gasteiger partial charge on any atom is -0.545 e. The number of rotatable bonds is 3. The van der Waals surface area contributed by atoms with E-state index in [1.807, 2.05) is 0 Å². The molecule has 0 spiro atoms. The second kappa shape index (κ2) is 4.50. The molecule has 2 aromatic rings. The van der Waals surface area contributed by atoms with Crippen LogP contribution in [0.2, 0.25) is 5.15 Å². The van der Waals surface area contributed by atoms with Crippen molar-refractivity contribution in [2.75, 3.05) is 0 Å². The normalized spacial score (nSPS) is 10.3. The van der Waals surface area contributed by atoms with Crippen LogP contribution in [-0.4, -0.2) is 21.7 Å². The zero-order chi connectivity index (χ0) is 13.3. The van der Waals surface area contributed by atoms with Crippen LogP contribution in [0.3, 0.4) is 0 Å². The molecule has 0 unspecified atom stereocenters. The van der Waals surface area contributed by atoms with Crippen molar-refractivity contribution in [1.82, 2.24) is 9.78 Å². The van der Waals surface area contributed by atoms with Crippen LogP contribution < -0.4 is 10.2 Å². The summed E-state index contributed by atoms with van der Waals surface area (Å²) in [5.41, 5.74) is -1.03. The molecule has 6 nitrogen and oxygen atoms in total. The minimum atomic E-state index is -1.73. The molecule has 0 N–H and O–H groups in total. The summed E-state index contributed by atoms with van der Waals surface area (Å²) in [5.74, 6) is -3.45. The average molecular weight is 265 g/mol. The number of aromatic nitrogens is 2. The highest BCUT2D eigenvalue weighted by Gasteiger charge is 2.18. The number of benzene rings is 1. The molecule has 0 saturated heterocycles. The quantitative estimate of drug-likeness (QED) is 0.727. The maximum absolute atomic E-state index is 10.9. The number of nitrogens with zero attached hydrogens (tertiary/aromatic N) is 2. The fraction of sp³-hybridized carbons (Fsp3) is 0. The fourth-order valence-electron chi connectivity index (χ4n) is 1.46. The van der Waals surface area contributed by atoms with Crippen molar-refractivity contribution in [3.05, 3.63) is 46.7 Å². The average Bonchev–Trinajstić information content (AvgIpc) is 2.68. The van der Waals surface area contributed by atoms with Gasteiger partial charge in [-0.2, -0.15) is 5.10 Å². The molecule has 1 aromatic carbocycles. The summed E-state index contributed by atoms with van der Waals surface area (Å²) in [5, 5.41) is 24.9. The molecule has 0 bridgehead atoms. The summed E-state index contributed by atoms with van der Waals surface area (Å²) < 4.78 is 0.998. The van der Waals surface area contributed by atoms with E-state index in [2.05, 4.69) is 5.10 Å². The topological polar surface area (TPSA) is 98.1 Å². The Morgan fingerprint density at radius 2 is 1.72 bits per heavy atom. The zero-order valence-corrected chi connectivity index (χ0v) is 9.55. The van der Waals surface area contributed by atoms with Crippen molar-refractivity contribution in [1.29, 1.82) is 0 Å². The lowest BCUT2D eigenvalue weighted by Gasteiger charge is -2.04. The molecule has 0 aliphatic heterocycles. The minimum absolute atomic E-state index is 0.347. The van der Waals surface area contributed by atoms with E-state index in [9.17, 15) is 19.8 Å². The maximum atomic E-state index is 10.9. The first-order valence-electron chi connectivity index (χ1n) is 4.79. The standard InChI is InChI=1S/C11H7ClN2O4/c12-9-7(10(15)16)8(11(17)18)13-14(9)6-4-2-1-3-5-6/h1-5H,(H,15,16)(H,17,18)/p-2. The Labute approximate surface area is 106 Å². The number of carbonyl (C=O) groups is 2. The van der Waals surface area contributed by atoms with Gasteiger partial charge in [-0.3, -0.25) is 0 Å². The third-order valence-corrected chi connectivity index (χ3v) is 2.58. The molecule has 0 radical (unpaired) electrons. The van der Waals surface area contributed by atoms with E-state index in [-0.39, 0.29) is 5.15 Å². The van der Waals surface area contributed by atoms with Crippen LogP contribution in [0, 0.1) is 0 Å². The second-order valence-corrected chi connectivity index (χ2v) is 3.69. The van der Waals surface area contributed by atoms with Gasteiger partial charge in [-0.05, 0) is 12.1 Å². The van der Waals surface area contributed by atoms with Crippen molar-refractivity contribution in [3.8, 4) is 5.69 Å². The maximum Gasteiger partial charge on any atom is 0.142 e. The van der Waals surface area contributed by atoms with Gasteiger partial charge in [-0.15, -0.1) is 0 Å². The van der Waals surface area contributed by atoms with Gasteiger partial charge in [0.25, 0.3) is 0 Å². The molecule has 0 fully saturated rings. The lowest BCUT2D eigenvalue weighted by atomic mass is 10.2. The van der Waals surface area contributed by atoms with Crippen LogP contribution in [0.15, 0.2) is 30.3 Å². The first-order valence-corrected chi connectivity index (χ1v) is 5.16. The van der Waals surface area contributed by atoms with E-state index in [0.717, 1.165) is 4.68 Å². The molecule has 0 aliphatic carbocycles. The summed E-state index contributed by atoms with van der Waals surface area (Å²) in [7, 11) is 0. The Kier molecular flexibility index (Phi) is 3.03. The molecule has 1 heterocycles. The molecule has 92 valence electrons. The van der Waals surface area contributed by atoms with Crippen molar-refractivity contribution < 1.29 is 19.8 Å². The van der Waals surface area contributed by atoms with Gasteiger partial charge >= 0.3 is 0 Å². The van der Waals surface area contributed by atoms with Crippen molar-refractivity contribution in [2.24, 2.45) is 0 Å². The summed E-state index contributed by atoms with van der Waals surface area (Å²) >= 11 is 5.79. The molecule has 7 heteroatoms. The Hall–Kier alpha value is -2.34. The van der Waals surface area contributed by atoms with Crippen LogP contribution in [0.4, 0.5) is 0 Å². The third kappa shape index (κ3) is 1.93. The molecule has 2 rings (SSSR count). The lowest BCUT2D eigenvalue weighted by Crippen LogP contribution is -2.29. The van der Waals surface area contributed by atoms with E-state index in [4.69, 9.17) is 11.6 Å². The first kappa shape index (κ1) is 12.1. The van der Waals surface area contributed by atoms with Gasteiger partial charge in [0, 0.05) is 0 Å². The molecule has 0 atom stereocenters. The van der Waals surface area contributed by atoms with Gasteiger partial charge in [-0.1, -0.05) is 29.8 Å². The Bertz CT molecular complexity index is 621. The summed E-state index contributed by atoms with van der Waals surface area (Å²) in [4.78, 5) is 21.6. The van der Waals surface area contributed by atoms with Gasteiger partial charge in [0.2, 0.25) is 0 Å². The van der Waals surface area contributed by atoms with Crippen LogP contribution in [0.25, 0.3) is 5.69 Å². The van der Waals surface area contributed by atoms with E-state index in [1.165, 1.54) is 0 Å². The number of aromatic carboxylic acids is 2. The SMILES string of the molecule is O=C([O-])c1nn(-c2ccccc2)c(Cl)c1C(=O)[O-]. The van der Waals surface area contributed by atoms with E-state index in [0.29, 0.717) is 5.69 Å². The van der Waals surface area contributed by atoms with Gasteiger partial charge < -0.3 is 19.8 Å². The number of hydrogen-bond acceptors (Lipinski definition) is 5. The highest BCUT2D eigenvalue weighted by atomic mass is 35.5. The second-order valence-electron chi connectivity index (χ2n) is 3.34. The molecular weight excluding hydrogens is 260 g/mol. The number of para-hydroxylation sites is 1. The van der Waals surface area contributed by atoms with Crippen molar-refractivity contribution in [2.45, 2.75) is 0 Å². The molecular formula is C11H5ClN2O4-2. The largest absolute Gasteiger partial charge is 0.545 e. The smallest absolute Gasteiger partial charge is 0.142 e. The number of carboxylic acid groups (broad SMARTS) is 2. The van der Waals surface area contributed by atoms with Crippen molar-refractivity contribution >= 4 is 23.5 Å². The highest BCUT2D eigenvalue weighted by molar-refractivity contribution is 6.33. The number of carboxylic acids is 2. The summed E-state index contributed by atoms with van der Waals surface area (Å²) in [6.45, 7) is 0.